The molecule has 0 amide bonds. The van der Waals surface area contributed by atoms with Crippen molar-refractivity contribution in [3.63, 3.8) is 0 Å². The van der Waals surface area contributed by atoms with Crippen molar-refractivity contribution in [3.8, 4) is 5.75 Å². The van der Waals surface area contributed by atoms with Gasteiger partial charge in [0, 0.05) is 11.9 Å². The fourth-order valence-corrected chi connectivity index (χ4v) is 1.73. The lowest BCUT2D eigenvalue weighted by molar-refractivity contribution is 0.304. The van der Waals surface area contributed by atoms with Gasteiger partial charge in [-0.25, -0.2) is 0 Å². The zero-order chi connectivity index (χ0) is 12.3. The van der Waals surface area contributed by atoms with Crippen molar-refractivity contribution in [2.45, 2.75) is 27.4 Å². The SMILES string of the molecule is Cc1cnc(C)c(C)c1COc1cc[c]cc1. The third-order valence-electron chi connectivity index (χ3n) is 2.99. The molecule has 2 nitrogen and oxygen atoms in total. The van der Waals surface area contributed by atoms with Crippen LogP contribution in [0.4, 0.5) is 0 Å². The van der Waals surface area contributed by atoms with Crippen molar-refractivity contribution in [1.29, 1.82) is 0 Å². The summed E-state index contributed by atoms with van der Waals surface area (Å²) in [5, 5.41) is 0. The Kier molecular flexibility index (Phi) is 3.43. The van der Waals surface area contributed by atoms with Crippen LogP contribution in [0.5, 0.6) is 5.75 Å². The quantitative estimate of drug-likeness (QED) is 0.800. The molecular weight excluding hydrogens is 210 g/mol. The topological polar surface area (TPSA) is 22.1 Å². The lowest BCUT2D eigenvalue weighted by Crippen LogP contribution is -2.03. The van der Waals surface area contributed by atoms with Crippen LogP contribution in [0, 0.1) is 26.8 Å². The summed E-state index contributed by atoms with van der Waals surface area (Å²) < 4.78 is 5.76. The second-order valence-corrected chi connectivity index (χ2v) is 4.15. The smallest absolute Gasteiger partial charge is 0.119 e. The van der Waals surface area contributed by atoms with Crippen LogP contribution in [0.3, 0.4) is 0 Å². The first-order valence-corrected chi connectivity index (χ1v) is 5.69. The van der Waals surface area contributed by atoms with Crippen LogP contribution in [0.2, 0.25) is 0 Å². The third-order valence-corrected chi connectivity index (χ3v) is 2.99. The van der Waals surface area contributed by atoms with E-state index in [0.29, 0.717) is 6.61 Å². The zero-order valence-corrected chi connectivity index (χ0v) is 10.4. The first kappa shape index (κ1) is 11.6. The molecule has 1 aromatic heterocycles. The maximum absolute atomic E-state index is 5.76. The van der Waals surface area contributed by atoms with Gasteiger partial charge in [-0.2, -0.15) is 0 Å². The average molecular weight is 226 g/mol. The second-order valence-electron chi connectivity index (χ2n) is 4.15. The predicted octanol–water partition coefficient (Wildman–Crippen LogP) is 3.39. The summed E-state index contributed by atoms with van der Waals surface area (Å²) in [4.78, 5) is 4.33. The number of aromatic nitrogens is 1. The van der Waals surface area contributed by atoms with E-state index in [1.165, 1.54) is 16.7 Å². The molecule has 2 aromatic rings. The molecule has 87 valence electrons. The number of hydrogen-bond donors (Lipinski definition) is 0. The van der Waals surface area contributed by atoms with E-state index < -0.39 is 0 Å². The van der Waals surface area contributed by atoms with Crippen LogP contribution >= 0.6 is 0 Å². The van der Waals surface area contributed by atoms with E-state index in [1.807, 2.05) is 37.4 Å². The van der Waals surface area contributed by atoms with Gasteiger partial charge in [-0.15, -0.1) is 0 Å². The van der Waals surface area contributed by atoms with Crippen LogP contribution in [-0.4, -0.2) is 4.98 Å². The van der Waals surface area contributed by atoms with E-state index in [0.717, 1.165) is 11.4 Å². The number of ether oxygens (including phenoxy) is 1. The van der Waals surface area contributed by atoms with Crippen LogP contribution in [-0.2, 0) is 6.61 Å². The highest BCUT2D eigenvalue weighted by atomic mass is 16.5. The molecule has 0 spiro atoms. The van der Waals surface area contributed by atoms with Gasteiger partial charge in [0.15, 0.2) is 0 Å². The highest BCUT2D eigenvalue weighted by Gasteiger charge is 2.06. The number of hydrogen-bond acceptors (Lipinski definition) is 2. The van der Waals surface area contributed by atoms with E-state index in [4.69, 9.17) is 4.74 Å². The molecule has 0 bridgehead atoms. The normalized spacial score (nSPS) is 10.3. The van der Waals surface area contributed by atoms with Crippen molar-refractivity contribution in [2.24, 2.45) is 0 Å². The molecule has 1 aromatic carbocycles. The van der Waals surface area contributed by atoms with Crippen LogP contribution in [0.15, 0.2) is 30.5 Å². The summed E-state index contributed by atoms with van der Waals surface area (Å²) in [6.45, 7) is 6.77. The minimum atomic E-state index is 0.588. The summed E-state index contributed by atoms with van der Waals surface area (Å²) in [7, 11) is 0. The number of nitrogens with zero attached hydrogens (tertiary/aromatic N) is 1. The lowest BCUT2D eigenvalue weighted by atomic mass is 10.0. The zero-order valence-electron chi connectivity index (χ0n) is 10.4. The number of pyridine rings is 1. The Bertz CT molecular complexity index is 506. The molecule has 2 heteroatoms. The van der Waals surface area contributed by atoms with Gasteiger partial charge in [-0.1, -0.05) is 12.1 Å². The van der Waals surface area contributed by atoms with Gasteiger partial charge in [-0.05, 0) is 55.7 Å². The van der Waals surface area contributed by atoms with Gasteiger partial charge in [0.05, 0.1) is 0 Å². The van der Waals surface area contributed by atoms with E-state index in [9.17, 15) is 0 Å². The maximum Gasteiger partial charge on any atom is 0.119 e. The molecule has 2 rings (SSSR count). The fraction of sp³-hybridized carbons (Fsp3) is 0.267. The molecule has 0 aliphatic heterocycles. The minimum Gasteiger partial charge on any atom is -0.489 e. The highest BCUT2D eigenvalue weighted by molar-refractivity contribution is 5.34. The van der Waals surface area contributed by atoms with Crippen molar-refractivity contribution >= 4 is 0 Å². The van der Waals surface area contributed by atoms with Gasteiger partial charge in [0.25, 0.3) is 0 Å². The molecule has 0 saturated heterocycles. The summed E-state index contributed by atoms with van der Waals surface area (Å²) >= 11 is 0. The largest absolute Gasteiger partial charge is 0.489 e. The Morgan fingerprint density at radius 3 is 2.59 bits per heavy atom. The number of aryl methyl sites for hydroxylation is 2. The van der Waals surface area contributed by atoms with Gasteiger partial charge in [0.1, 0.15) is 12.4 Å². The van der Waals surface area contributed by atoms with Crippen molar-refractivity contribution in [3.05, 3.63) is 58.9 Å². The number of rotatable bonds is 3. The second kappa shape index (κ2) is 5.00. The molecule has 0 aliphatic rings. The van der Waals surface area contributed by atoms with Crippen LogP contribution < -0.4 is 4.74 Å². The van der Waals surface area contributed by atoms with Crippen molar-refractivity contribution in [1.82, 2.24) is 4.98 Å². The molecule has 17 heavy (non-hydrogen) atoms. The lowest BCUT2D eigenvalue weighted by Gasteiger charge is -2.12. The minimum absolute atomic E-state index is 0.588. The van der Waals surface area contributed by atoms with Crippen molar-refractivity contribution in [2.75, 3.05) is 0 Å². The van der Waals surface area contributed by atoms with E-state index in [1.54, 1.807) is 0 Å². The standard InChI is InChI=1S/C15H16NO/c1-11-9-16-13(3)12(2)15(11)10-17-14-7-5-4-6-8-14/h5-9H,10H2,1-3H3. The summed E-state index contributed by atoms with van der Waals surface area (Å²) in [5.41, 5.74) is 4.68. The summed E-state index contributed by atoms with van der Waals surface area (Å²) in [6.07, 6.45) is 1.90. The molecule has 0 fully saturated rings. The van der Waals surface area contributed by atoms with Crippen LogP contribution in [0.1, 0.15) is 22.4 Å². The first-order valence-electron chi connectivity index (χ1n) is 5.69. The molecule has 0 saturated carbocycles. The molecule has 0 N–H and O–H groups in total. The van der Waals surface area contributed by atoms with Gasteiger partial charge in [-0.3, -0.25) is 4.98 Å². The Morgan fingerprint density at radius 1 is 1.18 bits per heavy atom. The van der Waals surface area contributed by atoms with Gasteiger partial charge < -0.3 is 4.74 Å². The molecule has 1 heterocycles. The molecule has 1 radical (unpaired) electrons. The van der Waals surface area contributed by atoms with E-state index >= 15 is 0 Å². The summed E-state index contributed by atoms with van der Waals surface area (Å²) in [5.74, 6) is 0.872. The number of benzene rings is 1. The Morgan fingerprint density at radius 2 is 1.88 bits per heavy atom. The highest BCUT2D eigenvalue weighted by Crippen LogP contribution is 2.18. The van der Waals surface area contributed by atoms with Crippen LogP contribution in [0.25, 0.3) is 0 Å². The molecule has 0 aliphatic carbocycles. The van der Waals surface area contributed by atoms with Gasteiger partial charge in [0.2, 0.25) is 0 Å². The third kappa shape index (κ3) is 2.64. The Balaban J connectivity index is 2.17. The molecular formula is C15H16NO. The van der Waals surface area contributed by atoms with E-state index in [-0.39, 0.29) is 0 Å². The Labute approximate surface area is 102 Å². The first-order chi connectivity index (χ1) is 8.18. The fourth-order valence-electron chi connectivity index (χ4n) is 1.73. The molecule has 0 unspecified atom stereocenters. The monoisotopic (exact) mass is 226 g/mol. The Hall–Kier alpha value is -1.83. The van der Waals surface area contributed by atoms with Gasteiger partial charge >= 0.3 is 0 Å². The maximum atomic E-state index is 5.76. The van der Waals surface area contributed by atoms with E-state index in [2.05, 4.69) is 24.9 Å². The molecule has 0 atom stereocenters. The average Bonchev–Trinajstić information content (AvgIpc) is 2.35. The summed E-state index contributed by atoms with van der Waals surface area (Å²) in [6, 6.07) is 10.5. The van der Waals surface area contributed by atoms with Crippen molar-refractivity contribution < 1.29 is 4.74 Å². The predicted molar refractivity (Wildman–Crippen MR) is 68.1 cm³/mol.